The molecule has 2 N–H and O–H groups in total. The lowest BCUT2D eigenvalue weighted by Crippen LogP contribution is -2.29. The molecule has 2 aromatic rings. The predicted molar refractivity (Wildman–Crippen MR) is 65.7 cm³/mol. The van der Waals surface area contributed by atoms with Crippen molar-refractivity contribution in [1.82, 2.24) is 25.9 Å². The van der Waals surface area contributed by atoms with Crippen LogP contribution >= 0.6 is 15.9 Å². The lowest BCUT2D eigenvalue weighted by molar-refractivity contribution is 0.0932. The molecule has 2 aromatic heterocycles. The van der Waals surface area contributed by atoms with Gasteiger partial charge in [0, 0.05) is 6.07 Å². The first kappa shape index (κ1) is 12.7. The van der Waals surface area contributed by atoms with Gasteiger partial charge in [-0.2, -0.15) is 5.21 Å². The van der Waals surface area contributed by atoms with Gasteiger partial charge in [-0.25, -0.2) is 0 Å². The van der Waals surface area contributed by atoms with E-state index in [4.69, 9.17) is 4.42 Å². The van der Waals surface area contributed by atoms with E-state index in [0.29, 0.717) is 16.1 Å². The lowest BCUT2D eigenvalue weighted by atomic mass is 10.1. The van der Waals surface area contributed by atoms with Gasteiger partial charge < -0.3 is 9.73 Å². The van der Waals surface area contributed by atoms with Gasteiger partial charge in [0.05, 0.1) is 11.6 Å². The van der Waals surface area contributed by atoms with Crippen molar-refractivity contribution in [3.8, 4) is 0 Å². The normalized spacial score (nSPS) is 12.3. The first-order valence-electron chi connectivity index (χ1n) is 5.49. The average molecular weight is 314 g/mol. The van der Waals surface area contributed by atoms with Crippen molar-refractivity contribution in [2.45, 2.75) is 25.8 Å². The Bertz CT molecular complexity index is 510. The van der Waals surface area contributed by atoms with Crippen molar-refractivity contribution in [1.29, 1.82) is 0 Å². The molecule has 1 unspecified atom stereocenters. The van der Waals surface area contributed by atoms with Crippen molar-refractivity contribution < 1.29 is 9.21 Å². The van der Waals surface area contributed by atoms with Crippen LogP contribution in [-0.2, 0) is 0 Å². The quantitative estimate of drug-likeness (QED) is 0.877. The first-order chi connectivity index (χ1) is 8.70. The zero-order valence-electron chi connectivity index (χ0n) is 9.68. The van der Waals surface area contributed by atoms with Crippen LogP contribution < -0.4 is 5.32 Å². The highest BCUT2D eigenvalue weighted by atomic mass is 79.9. The maximum absolute atomic E-state index is 12.0. The number of aromatic nitrogens is 4. The molecular formula is C10H12BrN5O2. The van der Waals surface area contributed by atoms with Crippen LogP contribution in [0.15, 0.2) is 21.4 Å². The highest BCUT2D eigenvalue weighted by Gasteiger charge is 2.19. The molecule has 0 spiro atoms. The third-order valence-corrected chi connectivity index (χ3v) is 2.80. The summed E-state index contributed by atoms with van der Waals surface area (Å²) in [6, 6.07) is 1.35. The van der Waals surface area contributed by atoms with Gasteiger partial charge >= 0.3 is 0 Å². The van der Waals surface area contributed by atoms with Crippen molar-refractivity contribution in [3.05, 3.63) is 28.4 Å². The number of furan rings is 1. The summed E-state index contributed by atoms with van der Waals surface area (Å²) >= 11 is 3.15. The topological polar surface area (TPSA) is 96.7 Å². The number of halogens is 1. The molecule has 0 aliphatic rings. The summed E-state index contributed by atoms with van der Waals surface area (Å²) in [5.74, 6) is 0.250. The molecule has 1 amide bonds. The number of tetrazole rings is 1. The number of amides is 1. The third kappa shape index (κ3) is 2.95. The standard InChI is InChI=1S/C10H12BrN5O2/c1-2-3-7(9-13-15-16-14-9)12-10(17)6-4-8(11)18-5-6/h4-5,7H,2-3H2,1H3,(H,12,17)(H,13,14,15,16). The molecule has 0 aromatic carbocycles. The molecule has 0 aliphatic heterocycles. The van der Waals surface area contributed by atoms with E-state index in [1.165, 1.54) is 6.26 Å². The van der Waals surface area contributed by atoms with E-state index >= 15 is 0 Å². The minimum absolute atomic E-state index is 0.229. The molecule has 0 aliphatic carbocycles. The summed E-state index contributed by atoms with van der Waals surface area (Å²) in [4.78, 5) is 12.0. The summed E-state index contributed by atoms with van der Waals surface area (Å²) in [6.45, 7) is 2.02. The molecule has 18 heavy (non-hydrogen) atoms. The highest BCUT2D eigenvalue weighted by molar-refractivity contribution is 9.10. The number of hydrogen-bond acceptors (Lipinski definition) is 5. The number of carbonyl (C=O) groups excluding carboxylic acids is 1. The number of rotatable bonds is 5. The number of hydrogen-bond donors (Lipinski definition) is 2. The van der Waals surface area contributed by atoms with Crippen molar-refractivity contribution in [2.75, 3.05) is 0 Å². The monoisotopic (exact) mass is 313 g/mol. The second kappa shape index (κ2) is 5.76. The SMILES string of the molecule is CCCC(NC(=O)c1coc(Br)c1)c1nn[nH]n1. The molecular weight excluding hydrogens is 302 g/mol. The second-order valence-electron chi connectivity index (χ2n) is 3.72. The molecule has 0 fully saturated rings. The van der Waals surface area contributed by atoms with Gasteiger partial charge in [0.2, 0.25) is 0 Å². The molecule has 1 atom stereocenters. The zero-order valence-corrected chi connectivity index (χ0v) is 11.3. The molecule has 2 heterocycles. The Labute approximate surface area is 111 Å². The van der Waals surface area contributed by atoms with Gasteiger partial charge in [-0.05, 0) is 22.4 Å². The number of nitrogens with zero attached hydrogens (tertiary/aromatic N) is 3. The largest absolute Gasteiger partial charge is 0.457 e. The maximum atomic E-state index is 12.0. The number of carbonyl (C=O) groups is 1. The second-order valence-corrected chi connectivity index (χ2v) is 4.51. The Hall–Kier alpha value is -1.70. The molecule has 2 rings (SSSR count). The fourth-order valence-electron chi connectivity index (χ4n) is 1.54. The van der Waals surface area contributed by atoms with Gasteiger partial charge in [-0.15, -0.1) is 10.2 Å². The Morgan fingerprint density at radius 1 is 1.67 bits per heavy atom. The van der Waals surface area contributed by atoms with Crippen LogP contribution in [-0.4, -0.2) is 26.5 Å². The smallest absolute Gasteiger partial charge is 0.255 e. The fraction of sp³-hybridized carbons (Fsp3) is 0.400. The van der Waals surface area contributed by atoms with Crippen LogP contribution in [0.4, 0.5) is 0 Å². The van der Waals surface area contributed by atoms with E-state index in [-0.39, 0.29) is 11.9 Å². The van der Waals surface area contributed by atoms with E-state index in [9.17, 15) is 4.79 Å². The minimum Gasteiger partial charge on any atom is -0.457 e. The molecule has 7 nitrogen and oxygen atoms in total. The summed E-state index contributed by atoms with van der Waals surface area (Å²) in [7, 11) is 0. The first-order valence-corrected chi connectivity index (χ1v) is 6.28. The third-order valence-electron chi connectivity index (χ3n) is 2.39. The maximum Gasteiger partial charge on any atom is 0.255 e. The van der Waals surface area contributed by atoms with Crippen LogP contribution in [0.3, 0.4) is 0 Å². The zero-order chi connectivity index (χ0) is 13.0. The Balaban J connectivity index is 2.07. The molecule has 0 saturated carbocycles. The van der Waals surface area contributed by atoms with Crippen molar-refractivity contribution in [3.63, 3.8) is 0 Å². The van der Waals surface area contributed by atoms with E-state index in [2.05, 4.69) is 41.9 Å². The minimum atomic E-state index is -0.255. The summed E-state index contributed by atoms with van der Waals surface area (Å²) < 4.78 is 5.54. The lowest BCUT2D eigenvalue weighted by Gasteiger charge is -2.13. The Morgan fingerprint density at radius 2 is 2.50 bits per heavy atom. The Morgan fingerprint density at radius 3 is 3.06 bits per heavy atom. The van der Waals surface area contributed by atoms with Gasteiger partial charge in [0.1, 0.15) is 6.26 Å². The predicted octanol–water partition coefficient (Wildman–Crippen LogP) is 1.83. The summed E-state index contributed by atoms with van der Waals surface area (Å²) in [5.41, 5.74) is 0.450. The highest BCUT2D eigenvalue weighted by Crippen LogP contribution is 2.17. The van der Waals surface area contributed by atoms with Crippen molar-refractivity contribution in [2.24, 2.45) is 0 Å². The van der Waals surface area contributed by atoms with Gasteiger partial charge in [0.25, 0.3) is 5.91 Å². The van der Waals surface area contributed by atoms with E-state index in [1.54, 1.807) is 6.07 Å². The number of aromatic amines is 1. The summed E-state index contributed by atoms with van der Waals surface area (Å²) in [6.07, 6.45) is 3.03. The molecule has 0 bridgehead atoms. The van der Waals surface area contributed by atoms with Crippen LogP contribution in [0.5, 0.6) is 0 Å². The van der Waals surface area contributed by atoms with E-state index in [0.717, 1.165) is 12.8 Å². The molecule has 8 heteroatoms. The van der Waals surface area contributed by atoms with Crippen LogP contribution in [0, 0.1) is 0 Å². The molecule has 0 radical (unpaired) electrons. The van der Waals surface area contributed by atoms with E-state index < -0.39 is 0 Å². The summed E-state index contributed by atoms with van der Waals surface area (Å²) in [5, 5.41) is 16.5. The Kier molecular flexibility index (Phi) is 4.08. The molecule has 0 saturated heterocycles. The van der Waals surface area contributed by atoms with Gasteiger partial charge in [-0.1, -0.05) is 18.6 Å². The fourth-order valence-corrected chi connectivity index (χ4v) is 1.88. The van der Waals surface area contributed by atoms with E-state index in [1.807, 2.05) is 6.92 Å². The number of nitrogens with one attached hydrogen (secondary N) is 2. The average Bonchev–Trinajstić information content (AvgIpc) is 2.98. The van der Waals surface area contributed by atoms with Crippen molar-refractivity contribution >= 4 is 21.8 Å². The van der Waals surface area contributed by atoms with Gasteiger partial charge in [0.15, 0.2) is 10.5 Å². The van der Waals surface area contributed by atoms with Gasteiger partial charge in [-0.3, -0.25) is 4.79 Å². The van der Waals surface area contributed by atoms with Crippen LogP contribution in [0.1, 0.15) is 42.0 Å². The molecule has 96 valence electrons. The van der Waals surface area contributed by atoms with Crippen LogP contribution in [0.2, 0.25) is 0 Å². The number of H-pyrrole nitrogens is 1. The van der Waals surface area contributed by atoms with Crippen LogP contribution in [0.25, 0.3) is 0 Å².